The van der Waals surface area contributed by atoms with Crippen LogP contribution in [-0.4, -0.2) is 27.9 Å². The molecule has 1 amide bonds. The Hall–Kier alpha value is -1.20. The van der Waals surface area contributed by atoms with E-state index >= 15 is 0 Å². The molecule has 0 radical (unpaired) electrons. The van der Waals surface area contributed by atoms with Crippen LogP contribution in [0.5, 0.6) is 0 Å². The highest BCUT2D eigenvalue weighted by molar-refractivity contribution is 7.51. The summed E-state index contributed by atoms with van der Waals surface area (Å²) >= 11 is 0. The Morgan fingerprint density at radius 1 is 1.12 bits per heavy atom. The number of hydrogen-bond donors (Lipinski definition) is 4. The van der Waals surface area contributed by atoms with E-state index in [2.05, 4.69) is 12.2 Å². The number of amides is 1. The molecule has 6 nitrogen and oxygen atoms in total. The summed E-state index contributed by atoms with van der Waals surface area (Å²) in [5.74, 6) is -0.433. The fraction of sp³-hybridized carbons (Fsp3) is 0.611. The van der Waals surface area contributed by atoms with Crippen molar-refractivity contribution in [3.05, 3.63) is 29.8 Å². The van der Waals surface area contributed by atoms with Crippen LogP contribution in [0, 0.1) is 0 Å². The summed E-state index contributed by atoms with van der Waals surface area (Å²) in [5, 5.41) is 2.68. The first-order valence-electron chi connectivity index (χ1n) is 9.02. The lowest BCUT2D eigenvalue weighted by atomic mass is 10.0. The van der Waals surface area contributed by atoms with Gasteiger partial charge in [0.25, 0.3) is 0 Å². The molecule has 0 bridgehead atoms. The van der Waals surface area contributed by atoms with E-state index in [0.29, 0.717) is 5.69 Å². The van der Waals surface area contributed by atoms with Crippen molar-refractivity contribution in [1.29, 1.82) is 0 Å². The van der Waals surface area contributed by atoms with Crippen molar-refractivity contribution < 1.29 is 19.1 Å². The van der Waals surface area contributed by atoms with Gasteiger partial charge in [-0.2, -0.15) is 0 Å². The highest BCUT2D eigenvalue weighted by Gasteiger charge is 2.19. The Labute approximate surface area is 150 Å². The average Bonchev–Trinajstić information content (AvgIpc) is 2.56. The molecule has 142 valence electrons. The van der Waals surface area contributed by atoms with Gasteiger partial charge in [-0.25, -0.2) is 0 Å². The SMILES string of the molecule is CCCCCCCCc1ccc(NC(=O)[C@@H](N)CCP(=O)(O)O)cc1. The average molecular weight is 370 g/mol. The predicted octanol–water partition coefficient (Wildman–Crippen LogP) is 3.42. The van der Waals surface area contributed by atoms with Crippen LogP contribution in [-0.2, 0) is 15.8 Å². The lowest BCUT2D eigenvalue weighted by molar-refractivity contribution is -0.117. The van der Waals surface area contributed by atoms with E-state index < -0.39 is 25.7 Å². The van der Waals surface area contributed by atoms with Crippen LogP contribution >= 0.6 is 7.60 Å². The van der Waals surface area contributed by atoms with E-state index in [1.165, 1.54) is 44.1 Å². The number of nitrogens with one attached hydrogen (secondary N) is 1. The van der Waals surface area contributed by atoms with E-state index in [4.69, 9.17) is 15.5 Å². The molecule has 1 rings (SSSR count). The second-order valence-corrected chi connectivity index (χ2v) is 8.26. The first-order valence-corrected chi connectivity index (χ1v) is 10.8. The van der Waals surface area contributed by atoms with Crippen LogP contribution in [0.4, 0.5) is 5.69 Å². The lowest BCUT2D eigenvalue weighted by Crippen LogP contribution is -2.36. The molecule has 0 fully saturated rings. The van der Waals surface area contributed by atoms with Crippen LogP contribution in [0.3, 0.4) is 0 Å². The third-order valence-electron chi connectivity index (χ3n) is 4.11. The zero-order chi connectivity index (χ0) is 18.7. The number of anilines is 1. The number of hydrogen-bond acceptors (Lipinski definition) is 3. The molecule has 0 unspecified atom stereocenters. The van der Waals surface area contributed by atoms with E-state index in [1.54, 1.807) is 0 Å². The summed E-state index contributed by atoms with van der Waals surface area (Å²) in [7, 11) is -4.13. The molecule has 0 aromatic heterocycles. The van der Waals surface area contributed by atoms with Crippen molar-refractivity contribution in [3.63, 3.8) is 0 Å². The van der Waals surface area contributed by atoms with Gasteiger partial charge in [0.2, 0.25) is 5.91 Å². The molecule has 0 saturated heterocycles. The van der Waals surface area contributed by atoms with Gasteiger partial charge >= 0.3 is 7.60 Å². The number of aryl methyl sites for hydroxylation is 1. The van der Waals surface area contributed by atoms with Gasteiger partial charge < -0.3 is 20.8 Å². The molecule has 25 heavy (non-hydrogen) atoms. The van der Waals surface area contributed by atoms with Gasteiger partial charge in [-0.3, -0.25) is 9.36 Å². The van der Waals surface area contributed by atoms with Crippen LogP contribution in [0.2, 0.25) is 0 Å². The molecule has 7 heteroatoms. The van der Waals surface area contributed by atoms with Crippen molar-refractivity contribution in [2.24, 2.45) is 5.73 Å². The molecule has 0 spiro atoms. The molecular weight excluding hydrogens is 339 g/mol. The topological polar surface area (TPSA) is 113 Å². The summed E-state index contributed by atoms with van der Waals surface area (Å²) in [4.78, 5) is 29.6. The minimum atomic E-state index is -4.13. The van der Waals surface area contributed by atoms with Gasteiger partial charge in [-0.05, 0) is 37.0 Å². The van der Waals surface area contributed by atoms with Gasteiger partial charge in [-0.1, -0.05) is 51.2 Å². The number of rotatable bonds is 12. The molecule has 0 aliphatic rings. The summed E-state index contributed by atoms with van der Waals surface area (Å²) in [6.45, 7) is 2.21. The highest BCUT2D eigenvalue weighted by Crippen LogP contribution is 2.35. The largest absolute Gasteiger partial charge is 0.325 e. The van der Waals surface area contributed by atoms with Crippen molar-refractivity contribution in [2.75, 3.05) is 11.5 Å². The highest BCUT2D eigenvalue weighted by atomic mass is 31.2. The summed E-state index contributed by atoms with van der Waals surface area (Å²) in [6, 6.07) is 6.71. The van der Waals surface area contributed by atoms with Crippen molar-refractivity contribution in [3.8, 4) is 0 Å². The Bertz CT molecular complexity index is 557. The molecule has 1 atom stereocenters. The number of benzene rings is 1. The molecule has 0 heterocycles. The van der Waals surface area contributed by atoms with Crippen molar-refractivity contribution in [2.45, 2.75) is 64.3 Å². The third-order valence-corrected chi connectivity index (χ3v) is 4.95. The van der Waals surface area contributed by atoms with E-state index in [9.17, 15) is 9.36 Å². The molecule has 0 aliphatic carbocycles. The molecule has 1 aromatic rings. The fourth-order valence-corrected chi connectivity index (χ4v) is 3.15. The molecule has 1 aromatic carbocycles. The maximum Gasteiger partial charge on any atom is 0.325 e. The number of unbranched alkanes of at least 4 members (excludes halogenated alkanes) is 5. The van der Waals surface area contributed by atoms with Crippen molar-refractivity contribution in [1.82, 2.24) is 0 Å². The lowest BCUT2D eigenvalue weighted by Gasteiger charge is -2.13. The second-order valence-electron chi connectivity index (χ2n) is 6.49. The normalized spacial score (nSPS) is 12.8. The molecule has 0 aliphatic heterocycles. The third kappa shape index (κ3) is 10.4. The summed E-state index contributed by atoms with van der Waals surface area (Å²) in [6.07, 6.45) is 8.17. The monoisotopic (exact) mass is 370 g/mol. The standard InChI is InChI=1S/C18H31N2O4P/c1-2-3-4-5-6-7-8-15-9-11-16(12-10-15)20-18(21)17(19)13-14-25(22,23)24/h9-12,17H,2-8,13-14,19H2,1H3,(H,20,21)(H2,22,23,24)/t17-/m0/s1. The minimum absolute atomic E-state index is 0.0494. The zero-order valence-corrected chi connectivity index (χ0v) is 15.9. The maximum absolute atomic E-state index is 11.9. The predicted molar refractivity (Wildman–Crippen MR) is 102 cm³/mol. The quantitative estimate of drug-likeness (QED) is 0.333. The first-order chi connectivity index (χ1) is 11.8. The van der Waals surface area contributed by atoms with Gasteiger partial charge in [0.1, 0.15) is 0 Å². The van der Waals surface area contributed by atoms with Gasteiger partial charge in [0.15, 0.2) is 0 Å². The van der Waals surface area contributed by atoms with E-state index in [0.717, 1.165) is 6.42 Å². The first kappa shape index (κ1) is 21.8. The van der Waals surface area contributed by atoms with Crippen LogP contribution in [0.25, 0.3) is 0 Å². The summed E-state index contributed by atoms with van der Waals surface area (Å²) in [5.41, 5.74) is 7.54. The van der Waals surface area contributed by atoms with Crippen LogP contribution in [0.1, 0.15) is 57.4 Å². The molecule has 5 N–H and O–H groups in total. The van der Waals surface area contributed by atoms with Gasteiger partial charge in [-0.15, -0.1) is 0 Å². The smallest absolute Gasteiger partial charge is 0.325 e. The zero-order valence-electron chi connectivity index (χ0n) is 15.0. The van der Waals surface area contributed by atoms with Crippen LogP contribution in [0.15, 0.2) is 24.3 Å². The Kier molecular flexibility index (Phi) is 9.98. The summed E-state index contributed by atoms with van der Waals surface area (Å²) < 4.78 is 10.8. The van der Waals surface area contributed by atoms with Crippen LogP contribution < -0.4 is 11.1 Å². The Morgan fingerprint density at radius 2 is 1.72 bits per heavy atom. The van der Waals surface area contributed by atoms with Crippen molar-refractivity contribution >= 4 is 19.2 Å². The molecular formula is C18H31N2O4P. The Balaban J connectivity index is 2.33. The van der Waals surface area contributed by atoms with Gasteiger partial charge in [0, 0.05) is 5.69 Å². The second kappa shape index (κ2) is 11.4. The van der Waals surface area contributed by atoms with E-state index in [-0.39, 0.29) is 6.42 Å². The Morgan fingerprint density at radius 3 is 2.32 bits per heavy atom. The number of nitrogens with two attached hydrogens (primary N) is 1. The number of carbonyl (C=O) groups is 1. The maximum atomic E-state index is 11.9. The minimum Gasteiger partial charge on any atom is -0.325 e. The fourth-order valence-electron chi connectivity index (χ4n) is 2.54. The number of carbonyl (C=O) groups excluding carboxylic acids is 1. The van der Waals surface area contributed by atoms with Gasteiger partial charge in [0.05, 0.1) is 12.2 Å². The molecule has 0 saturated carbocycles. The van der Waals surface area contributed by atoms with E-state index in [1.807, 2.05) is 24.3 Å².